The molecular formula is C19H27F3N4O5. The summed E-state index contributed by atoms with van der Waals surface area (Å²) < 4.78 is 43.4. The maximum absolute atomic E-state index is 11.5. The van der Waals surface area contributed by atoms with Gasteiger partial charge in [0.25, 0.3) is 0 Å². The number of carboxylic acids is 1. The number of likely N-dealkylation sites (N-methyl/N-ethyl adjacent to an activating group) is 1. The van der Waals surface area contributed by atoms with Gasteiger partial charge in [-0.25, -0.2) is 14.8 Å². The zero-order valence-electron chi connectivity index (χ0n) is 17.6. The summed E-state index contributed by atoms with van der Waals surface area (Å²) in [7, 11) is 3.46. The van der Waals surface area contributed by atoms with Gasteiger partial charge in [-0.3, -0.25) is 4.79 Å². The minimum atomic E-state index is -5.08. The van der Waals surface area contributed by atoms with Crippen LogP contribution in [-0.4, -0.2) is 90.1 Å². The molecule has 12 heteroatoms. The van der Waals surface area contributed by atoms with Crippen LogP contribution in [0.5, 0.6) is 0 Å². The Morgan fingerprint density at radius 2 is 1.87 bits per heavy atom. The third kappa shape index (κ3) is 7.31. The number of hydrogen-bond donors (Lipinski definition) is 1. The van der Waals surface area contributed by atoms with Crippen molar-refractivity contribution < 1.29 is 37.3 Å². The minimum Gasteiger partial charge on any atom is -0.475 e. The molecule has 3 atom stereocenters. The first kappa shape index (κ1) is 24.8. The Labute approximate surface area is 178 Å². The number of carbonyl (C=O) groups excluding carboxylic acids is 1. The number of anilines is 1. The summed E-state index contributed by atoms with van der Waals surface area (Å²) in [6, 6.07) is 0.340. The number of alkyl halides is 3. The molecule has 31 heavy (non-hydrogen) atoms. The predicted octanol–water partition coefficient (Wildman–Crippen LogP) is 1.65. The zero-order valence-corrected chi connectivity index (χ0v) is 17.6. The van der Waals surface area contributed by atoms with Crippen molar-refractivity contribution in [2.24, 2.45) is 0 Å². The number of aliphatic carboxylic acids is 1. The lowest BCUT2D eigenvalue weighted by atomic mass is 9.99. The normalized spacial score (nSPS) is 22.9. The molecule has 0 aromatic carbocycles. The highest BCUT2D eigenvalue weighted by Crippen LogP contribution is 2.33. The maximum atomic E-state index is 11.5. The van der Waals surface area contributed by atoms with Gasteiger partial charge in [-0.15, -0.1) is 0 Å². The number of hydrogen-bond acceptors (Lipinski definition) is 7. The highest BCUT2D eigenvalue weighted by molar-refractivity contribution is 5.76. The Morgan fingerprint density at radius 3 is 2.42 bits per heavy atom. The van der Waals surface area contributed by atoms with E-state index in [9.17, 15) is 18.0 Å². The summed E-state index contributed by atoms with van der Waals surface area (Å²) in [4.78, 5) is 33.1. The number of aromatic nitrogens is 2. The van der Waals surface area contributed by atoms with Crippen LogP contribution in [0.1, 0.15) is 24.8 Å². The first-order valence-electron chi connectivity index (χ1n) is 9.77. The summed E-state index contributed by atoms with van der Waals surface area (Å²) in [5.74, 6) is -1.98. The number of carbonyl (C=O) groups is 2. The summed E-state index contributed by atoms with van der Waals surface area (Å²) in [5, 5.41) is 7.12. The van der Waals surface area contributed by atoms with Crippen molar-refractivity contribution in [3.05, 3.63) is 18.0 Å². The van der Waals surface area contributed by atoms with E-state index in [0.29, 0.717) is 12.6 Å². The molecule has 9 nitrogen and oxygen atoms in total. The minimum absolute atomic E-state index is 0.0211. The average Bonchev–Trinajstić information content (AvgIpc) is 3.11. The number of carboxylic acid groups (broad SMARTS) is 1. The van der Waals surface area contributed by atoms with Crippen LogP contribution in [0.2, 0.25) is 0 Å². The molecule has 0 bridgehead atoms. The topological polar surface area (TPSA) is 105 Å². The van der Waals surface area contributed by atoms with E-state index in [1.165, 1.54) is 4.90 Å². The van der Waals surface area contributed by atoms with Crippen LogP contribution >= 0.6 is 0 Å². The van der Waals surface area contributed by atoms with Crippen molar-refractivity contribution in [1.82, 2.24) is 14.9 Å². The van der Waals surface area contributed by atoms with Crippen LogP contribution in [0.4, 0.5) is 19.1 Å². The largest absolute Gasteiger partial charge is 0.490 e. The number of aryl methyl sites for hydroxylation is 1. The summed E-state index contributed by atoms with van der Waals surface area (Å²) in [5.41, 5.74) is 1.07. The van der Waals surface area contributed by atoms with E-state index in [1.54, 1.807) is 14.1 Å². The van der Waals surface area contributed by atoms with Crippen molar-refractivity contribution in [3.8, 4) is 0 Å². The lowest BCUT2D eigenvalue weighted by molar-refractivity contribution is -0.192. The third-order valence-corrected chi connectivity index (χ3v) is 4.93. The summed E-state index contributed by atoms with van der Waals surface area (Å²) in [6.45, 7) is 3.51. The molecule has 2 saturated heterocycles. The number of nitrogens with zero attached hydrogens (tertiary/aromatic N) is 4. The number of fused-ring (bicyclic) bond motifs is 1. The number of amides is 1. The fraction of sp³-hybridized carbons (Fsp3) is 0.684. The SMILES string of the molecule is Cc1cnc(N2CC[C@@H]3OC(COCC(=O)N(C)C)CC[C@@H]32)nc1.O=C(O)C(F)(F)F. The Hall–Kier alpha value is -2.47. The zero-order chi connectivity index (χ0) is 23.2. The second kappa shape index (κ2) is 10.7. The average molecular weight is 448 g/mol. The molecule has 1 aromatic heterocycles. The van der Waals surface area contributed by atoms with Crippen LogP contribution in [0, 0.1) is 6.92 Å². The highest BCUT2D eigenvalue weighted by Gasteiger charge is 2.41. The quantitative estimate of drug-likeness (QED) is 0.725. The standard InChI is InChI=1S/C17H26N4O3.C2HF3O2/c1-12-8-18-17(19-9-12)21-7-6-15-14(21)5-4-13(24-15)10-23-11-16(22)20(2)3;3-2(4,5)1(6)7/h8-9,13-15H,4-7,10-11H2,1-3H3;(H,6,7)/t13?,14-,15-;/m0./s1. The fourth-order valence-electron chi connectivity index (χ4n) is 3.31. The molecule has 0 saturated carbocycles. The van der Waals surface area contributed by atoms with E-state index in [4.69, 9.17) is 19.4 Å². The van der Waals surface area contributed by atoms with Crippen LogP contribution in [0.15, 0.2) is 12.4 Å². The van der Waals surface area contributed by atoms with Gasteiger partial charge in [0.2, 0.25) is 11.9 Å². The van der Waals surface area contributed by atoms with Crippen molar-refractivity contribution in [3.63, 3.8) is 0 Å². The second-order valence-corrected chi connectivity index (χ2v) is 7.59. The molecule has 2 fully saturated rings. The Bertz CT molecular complexity index is 745. The molecule has 1 unspecified atom stereocenters. The Balaban J connectivity index is 0.000000423. The molecule has 2 aliphatic heterocycles. The third-order valence-electron chi connectivity index (χ3n) is 4.93. The lowest BCUT2D eigenvalue weighted by Crippen LogP contribution is -2.44. The van der Waals surface area contributed by atoms with Gasteiger partial charge in [-0.1, -0.05) is 0 Å². The molecule has 3 heterocycles. The molecule has 1 aromatic rings. The van der Waals surface area contributed by atoms with Gasteiger partial charge < -0.3 is 24.4 Å². The van der Waals surface area contributed by atoms with E-state index in [1.807, 2.05) is 19.3 Å². The van der Waals surface area contributed by atoms with E-state index in [2.05, 4.69) is 14.9 Å². The van der Waals surface area contributed by atoms with E-state index < -0.39 is 12.1 Å². The monoisotopic (exact) mass is 448 g/mol. The lowest BCUT2D eigenvalue weighted by Gasteiger charge is -2.35. The molecule has 3 rings (SSSR count). The molecule has 0 spiro atoms. The summed E-state index contributed by atoms with van der Waals surface area (Å²) >= 11 is 0. The summed E-state index contributed by atoms with van der Waals surface area (Å²) in [6.07, 6.45) is 1.85. The van der Waals surface area contributed by atoms with Crippen LogP contribution < -0.4 is 4.90 Å². The molecule has 1 amide bonds. The van der Waals surface area contributed by atoms with E-state index in [-0.39, 0.29) is 24.7 Å². The van der Waals surface area contributed by atoms with Gasteiger partial charge in [-0.05, 0) is 31.7 Å². The molecule has 0 radical (unpaired) electrons. The van der Waals surface area contributed by atoms with E-state index >= 15 is 0 Å². The van der Waals surface area contributed by atoms with Gasteiger partial charge in [0, 0.05) is 33.0 Å². The van der Waals surface area contributed by atoms with E-state index in [0.717, 1.165) is 37.3 Å². The molecule has 0 aliphatic carbocycles. The predicted molar refractivity (Wildman–Crippen MR) is 104 cm³/mol. The van der Waals surface area contributed by atoms with Crippen LogP contribution in [0.3, 0.4) is 0 Å². The maximum Gasteiger partial charge on any atom is 0.490 e. The van der Waals surface area contributed by atoms with Crippen LogP contribution in [0.25, 0.3) is 0 Å². The first-order chi connectivity index (χ1) is 14.5. The van der Waals surface area contributed by atoms with Gasteiger partial charge in [-0.2, -0.15) is 13.2 Å². The van der Waals surface area contributed by atoms with Gasteiger partial charge >= 0.3 is 12.1 Å². The second-order valence-electron chi connectivity index (χ2n) is 7.59. The molecule has 2 aliphatic rings. The number of halogens is 3. The van der Waals surface area contributed by atoms with Crippen LogP contribution in [-0.2, 0) is 19.1 Å². The highest BCUT2D eigenvalue weighted by atomic mass is 19.4. The Kier molecular flexibility index (Phi) is 8.57. The molecule has 1 N–H and O–H groups in total. The van der Waals surface area contributed by atoms with Gasteiger partial charge in [0.05, 0.1) is 24.9 Å². The van der Waals surface area contributed by atoms with Gasteiger partial charge in [0.1, 0.15) is 6.61 Å². The fourth-order valence-corrected chi connectivity index (χ4v) is 3.31. The number of ether oxygens (including phenoxy) is 2. The first-order valence-corrected chi connectivity index (χ1v) is 9.77. The van der Waals surface area contributed by atoms with Crippen molar-refractivity contribution in [1.29, 1.82) is 0 Å². The van der Waals surface area contributed by atoms with Gasteiger partial charge in [0.15, 0.2) is 0 Å². The van der Waals surface area contributed by atoms with Crippen molar-refractivity contribution in [2.75, 3.05) is 38.8 Å². The molecular weight excluding hydrogens is 421 g/mol. The van der Waals surface area contributed by atoms with Crippen molar-refractivity contribution >= 4 is 17.8 Å². The molecule has 174 valence electrons. The number of rotatable bonds is 5. The van der Waals surface area contributed by atoms with Crippen molar-refractivity contribution in [2.45, 2.75) is 50.6 Å². The Morgan fingerprint density at radius 1 is 1.26 bits per heavy atom. The smallest absolute Gasteiger partial charge is 0.475 e.